The standard InChI is InChI=1S/C6H9N3O/c1-2-6(10)3-9-5-7-4-8-9/h2,4-6,10H,1,3H2. The molecule has 4 heteroatoms. The lowest BCUT2D eigenvalue weighted by Gasteiger charge is -2.02. The summed E-state index contributed by atoms with van der Waals surface area (Å²) in [6, 6.07) is 0. The van der Waals surface area contributed by atoms with Crippen LogP contribution in [0.2, 0.25) is 0 Å². The lowest BCUT2D eigenvalue weighted by molar-refractivity contribution is 0.196. The van der Waals surface area contributed by atoms with Gasteiger partial charge in [-0.05, 0) is 0 Å². The number of aromatic nitrogens is 3. The maximum absolute atomic E-state index is 9.02. The molecule has 1 atom stereocenters. The second-order valence-corrected chi connectivity index (χ2v) is 1.92. The quantitative estimate of drug-likeness (QED) is 0.591. The SMILES string of the molecule is C=CC(O)Cn1cncn1. The molecular weight excluding hydrogens is 130 g/mol. The molecule has 0 fully saturated rings. The van der Waals surface area contributed by atoms with Gasteiger partial charge in [0.2, 0.25) is 0 Å². The van der Waals surface area contributed by atoms with Crippen LogP contribution in [-0.4, -0.2) is 26.0 Å². The number of aliphatic hydroxyl groups excluding tert-OH is 1. The van der Waals surface area contributed by atoms with Crippen LogP contribution in [0.15, 0.2) is 25.3 Å². The molecule has 10 heavy (non-hydrogen) atoms. The second-order valence-electron chi connectivity index (χ2n) is 1.92. The Morgan fingerprint density at radius 2 is 2.60 bits per heavy atom. The third-order valence-electron chi connectivity index (χ3n) is 1.11. The molecule has 1 aromatic heterocycles. The van der Waals surface area contributed by atoms with Gasteiger partial charge in [-0.3, -0.25) is 4.68 Å². The maximum Gasteiger partial charge on any atom is 0.137 e. The average Bonchev–Trinajstić information content (AvgIpc) is 2.40. The van der Waals surface area contributed by atoms with Gasteiger partial charge in [-0.2, -0.15) is 5.10 Å². The van der Waals surface area contributed by atoms with Crippen LogP contribution in [0.1, 0.15) is 0 Å². The van der Waals surface area contributed by atoms with Gasteiger partial charge in [-0.25, -0.2) is 4.98 Å². The lowest BCUT2D eigenvalue weighted by atomic mass is 10.3. The van der Waals surface area contributed by atoms with Crippen LogP contribution in [0.25, 0.3) is 0 Å². The number of hydrogen-bond acceptors (Lipinski definition) is 3. The zero-order valence-corrected chi connectivity index (χ0v) is 5.51. The van der Waals surface area contributed by atoms with Crippen molar-refractivity contribution in [1.29, 1.82) is 0 Å². The summed E-state index contributed by atoms with van der Waals surface area (Å²) < 4.78 is 1.55. The lowest BCUT2D eigenvalue weighted by Crippen LogP contribution is -2.12. The molecule has 0 aliphatic heterocycles. The van der Waals surface area contributed by atoms with Gasteiger partial charge in [0.05, 0.1) is 12.6 Å². The normalized spacial score (nSPS) is 12.9. The summed E-state index contributed by atoms with van der Waals surface area (Å²) in [6.07, 6.45) is 3.89. The van der Waals surface area contributed by atoms with E-state index < -0.39 is 6.10 Å². The molecule has 1 heterocycles. The summed E-state index contributed by atoms with van der Waals surface area (Å²) >= 11 is 0. The van der Waals surface area contributed by atoms with Crippen molar-refractivity contribution in [2.24, 2.45) is 0 Å². The van der Waals surface area contributed by atoms with Crippen LogP contribution in [0, 0.1) is 0 Å². The van der Waals surface area contributed by atoms with Crippen LogP contribution in [0.4, 0.5) is 0 Å². The summed E-state index contributed by atoms with van der Waals surface area (Å²) in [4.78, 5) is 3.72. The van der Waals surface area contributed by atoms with Crippen LogP contribution in [-0.2, 0) is 6.54 Å². The molecule has 0 aromatic carbocycles. The smallest absolute Gasteiger partial charge is 0.137 e. The highest BCUT2D eigenvalue weighted by atomic mass is 16.3. The van der Waals surface area contributed by atoms with Crippen molar-refractivity contribution < 1.29 is 5.11 Å². The fourth-order valence-corrected chi connectivity index (χ4v) is 0.593. The van der Waals surface area contributed by atoms with Crippen LogP contribution >= 0.6 is 0 Å². The molecule has 0 bridgehead atoms. The molecule has 1 rings (SSSR count). The fourth-order valence-electron chi connectivity index (χ4n) is 0.593. The van der Waals surface area contributed by atoms with E-state index in [1.807, 2.05) is 0 Å². The van der Waals surface area contributed by atoms with Crippen LogP contribution in [0.5, 0.6) is 0 Å². The van der Waals surface area contributed by atoms with Gasteiger partial charge in [-0.15, -0.1) is 6.58 Å². The van der Waals surface area contributed by atoms with Crippen LogP contribution < -0.4 is 0 Å². The Labute approximate surface area is 58.8 Å². The van der Waals surface area contributed by atoms with Crippen LogP contribution in [0.3, 0.4) is 0 Å². The Morgan fingerprint density at radius 1 is 1.80 bits per heavy atom. The topological polar surface area (TPSA) is 50.9 Å². The highest BCUT2D eigenvalue weighted by Gasteiger charge is 1.97. The van der Waals surface area contributed by atoms with E-state index in [2.05, 4.69) is 16.7 Å². The van der Waals surface area contributed by atoms with Gasteiger partial charge in [0, 0.05) is 0 Å². The van der Waals surface area contributed by atoms with Crippen molar-refractivity contribution in [2.45, 2.75) is 12.6 Å². The summed E-state index contributed by atoms with van der Waals surface area (Å²) in [6.45, 7) is 3.85. The first kappa shape index (κ1) is 6.95. The summed E-state index contributed by atoms with van der Waals surface area (Å²) in [5.41, 5.74) is 0. The van der Waals surface area contributed by atoms with Crippen molar-refractivity contribution in [1.82, 2.24) is 14.8 Å². The molecule has 0 radical (unpaired) electrons. The minimum Gasteiger partial charge on any atom is -0.387 e. The third-order valence-corrected chi connectivity index (χ3v) is 1.11. The van der Waals surface area contributed by atoms with Gasteiger partial charge in [-0.1, -0.05) is 6.08 Å². The number of hydrogen-bond donors (Lipinski definition) is 1. The Balaban J connectivity index is 2.47. The number of nitrogens with zero attached hydrogens (tertiary/aromatic N) is 3. The zero-order chi connectivity index (χ0) is 7.40. The van der Waals surface area contributed by atoms with Crippen molar-refractivity contribution in [3.05, 3.63) is 25.3 Å². The Morgan fingerprint density at radius 3 is 3.10 bits per heavy atom. The van der Waals surface area contributed by atoms with E-state index in [4.69, 9.17) is 5.11 Å². The monoisotopic (exact) mass is 139 g/mol. The molecule has 54 valence electrons. The predicted molar refractivity (Wildman–Crippen MR) is 36.2 cm³/mol. The van der Waals surface area contributed by atoms with Crippen molar-refractivity contribution in [3.8, 4) is 0 Å². The molecule has 0 amide bonds. The van der Waals surface area contributed by atoms with Crippen molar-refractivity contribution in [3.63, 3.8) is 0 Å². The molecule has 1 unspecified atom stereocenters. The largest absolute Gasteiger partial charge is 0.387 e. The van der Waals surface area contributed by atoms with Gasteiger partial charge < -0.3 is 5.11 Å². The predicted octanol–water partition coefficient (Wildman–Crippen LogP) is -0.175. The van der Waals surface area contributed by atoms with Crippen molar-refractivity contribution in [2.75, 3.05) is 0 Å². The van der Waals surface area contributed by atoms with Gasteiger partial charge >= 0.3 is 0 Å². The fraction of sp³-hybridized carbons (Fsp3) is 0.333. The second kappa shape index (κ2) is 3.12. The minimum atomic E-state index is -0.540. The summed E-state index contributed by atoms with van der Waals surface area (Å²) in [7, 11) is 0. The van der Waals surface area contributed by atoms with E-state index in [9.17, 15) is 0 Å². The average molecular weight is 139 g/mol. The van der Waals surface area contributed by atoms with Gasteiger partial charge in [0.1, 0.15) is 12.7 Å². The van der Waals surface area contributed by atoms with E-state index in [1.54, 1.807) is 11.0 Å². The number of rotatable bonds is 3. The number of aliphatic hydroxyl groups is 1. The van der Waals surface area contributed by atoms with E-state index in [0.717, 1.165) is 0 Å². The minimum absolute atomic E-state index is 0.420. The highest BCUT2D eigenvalue weighted by molar-refractivity contribution is 4.77. The van der Waals surface area contributed by atoms with E-state index in [0.29, 0.717) is 6.54 Å². The Hall–Kier alpha value is -1.16. The maximum atomic E-state index is 9.02. The molecule has 1 N–H and O–H groups in total. The Bertz CT molecular complexity index is 195. The molecule has 4 nitrogen and oxygen atoms in total. The molecular formula is C6H9N3O. The van der Waals surface area contributed by atoms with E-state index in [1.165, 1.54) is 12.4 Å². The molecule has 0 saturated carbocycles. The molecule has 0 aliphatic carbocycles. The van der Waals surface area contributed by atoms with Crippen molar-refractivity contribution >= 4 is 0 Å². The Kier molecular flexibility index (Phi) is 2.17. The summed E-state index contributed by atoms with van der Waals surface area (Å²) in [5, 5.41) is 12.8. The van der Waals surface area contributed by atoms with Gasteiger partial charge in [0.25, 0.3) is 0 Å². The molecule has 1 aromatic rings. The first-order valence-corrected chi connectivity index (χ1v) is 2.96. The summed E-state index contributed by atoms with van der Waals surface area (Å²) in [5.74, 6) is 0. The zero-order valence-electron chi connectivity index (χ0n) is 5.51. The molecule has 0 aliphatic rings. The molecule has 0 saturated heterocycles. The van der Waals surface area contributed by atoms with Gasteiger partial charge in [0.15, 0.2) is 0 Å². The first-order valence-electron chi connectivity index (χ1n) is 2.96. The highest BCUT2D eigenvalue weighted by Crippen LogP contribution is 1.88. The van der Waals surface area contributed by atoms with E-state index >= 15 is 0 Å². The third kappa shape index (κ3) is 1.66. The molecule has 0 spiro atoms. The first-order chi connectivity index (χ1) is 4.83. The van der Waals surface area contributed by atoms with E-state index in [-0.39, 0.29) is 0 Å².